The number of hydrogen-bond donors (Lipinski definition) is 1. The zero-order valence-electron chi connectivity index (χ0n) is 12.5. The molecule has 1 amide bonds. The fourth-order valence-corrected chi connectivity index (χ4v) is 1.65. The van der Waals surface area contributed by atoms with Gasteiger partial charge in [-0.05, 0) is 26.0 Å². The Labute approximate surface area is 126 Å². The molecular weight excluding hydrogens is 272 g/mol. The summed E-state index contributed by atoms with van der Waals surface area (Å²) < 4.78 is 0. The van der Waals surface area contributed by atoms with E-state index in [9.17, 15) is 4.79 Å². The molecule has 1 aromatic rings. The molecule has 0 atom stereocenters. The van der Waals surface area contributed by atoms with Gasteiger partial charge in [0.05, 0.1) is 17.6 Å². The van der Waals surface area contributed by atoms with E-state index in [1.807, 2.05) is 57.1 Å². The van der Waals surface area contributed by atoms with Crippen LogP contribution in [0.2, 0.25) is 0 Å². The van der Waals surface area contributed by atoms with Crippen molar-refractivity contribution >= 4 is 23.2 Å². The second-order valence-electron chi connectivity index (χ2n) is 5.41. The topological polar surface area (TPSA) is 32.3 Å². The van der Waals surface area contributed by atoms with Gasteiger partial charge < -0.3 is 10.2 Å². The van der Waals surface area contributed by atoms with Crippen molar-refractivity contribution in [2.75, 3.05) is 31.4 Å². The van der Waals surface area contributed by atoms with E-state index in [0.717, 1.165) is 11.3 Å². The highest BCUT2D eigenvalue weighted by molar-refractivity contribution is 6.19. The molecule has 3 nitrogen and oxygen atoms in total. The summed E-state index contributed by atoms with van der Waals surface area (Å²) in [5.74, 6) is 6.26. The second-order valence-corrected chi connectivity index (χ2v) is 5.68. The Bertz CT molecular complexity index is 527. The van der Waals surface area contributed by atoms with Crippen LogP contribution in [0.1, 0.15) is 19.4 Å². The van der Waals surface area contributed by atoms with Crippen molar-refractivity contribution < 1.29 is 4.79 Å². The highest BCUT2D eigenvalue weighted by Gasteiger charge is 2.25. The van der Waals surface area contributed by atoms with Gasteiger partial charge in [0.25, 0.3) is 0 Å². The van der Waals surface area contributed by atoms with Gasteiger partial charge in [-0.25, -0.2) is 0 Å². The van der Waals surface area contributed by atoms with E-state index < -0.39 is 5.41 Å². The molecule has 1 N–H and O–H groups in total. The molecule has 0 unspecified atom stereocenters. The van der Waals surface area contributed by atoms with Gasteiger partial charge in [-0.3, -0.25) is 4.79 Å². The van der Waals surface area contributed by atoms with Gasteiger partial charge in [-0.1, -0.05) is 24.0 Å². The molecule has 0 spiro atoms. The number of anilines is 1. The van der Waals surface area contributed by atoms with Crippen molar-refractivity contribution in [3.63, 3.8) is 0 Å². The van der Waals surface area contributed by atoms with Crippen LogP contribution in [0, 0.1) is 17.3 Å². The van der Waals surface area contributed by atoms with Gasteiger partial charge in [-0.15, -0.1) is 11.6 Å². The minimum Gasteiger partial charge on any atom is -0.377 e. The molecule has 108 valence electrons. The number of rotatable bonds is 4. The lowest BCUT2D eigenvalue weighted by Gasteiger charge is -2.19. The van der Waals surface area contributed by atoms with Crippen LogP contribution >= 0.6 is 11.6 Å². The van der Waals surface area contributed by atoms with Crippen molar-refractivity contribution in [3.8, 4) is 11.8 Å². The number of carbonyl (C=O) groups excluding carboxylic acids is 1. The van der Waals surface area contributed by atoms with E-state index >= 15 is 0 Å². The average molecular weight is 293 g/mol. The van der Waals surface area contributed by atoms with Crippen molar-refractivity contribution in [1.29, 1.82) is 0 Å². The maximum Gasteiger partial charge on any atom is 0.227 e. The van der Waals surface area contributed by atoms with E-state index in [0.29, 0.717) is 6.54 Å². The number of amides is 1. The van der Waals surface area contributed by atoms with Crippen molar-refractivity contribution in [1.82, 2.24) is 5.32 Å². The predicted molar refractivity (Wildman–Crippen MR) is 85.2 cm³/mol. The van der Waals surface area contributed by atoms with E-state index in [2.05, 4.69) is 17.2 Å². The quantitative estimate of drug-likeness (QED) is 0.683. The van der Waals surface area contributed by atoms with Crippen LogP contribution in [-0.2, 0) is 4.79 Å². The third kappa shape index (κ3) is 4.47. The molecule has 0 bridgehead atoms. The molecule has 0 radical (unpaired) electrons. The number of para-hydroxylation sites is 1. The van der Waals surface area contributed by atoms with Crippen LogP contribution in [0.5, 0.6) is 0 Å². The van der Waals surface area contributed by atoms with E-state index in [1.165, 1.54) is 0 Å². The fraction of sp³-hybridized carbons (Fsp3) is 0.438. The third-order valence-corrected chi connectivity index (χ3v) is 3.56. The number of carbonyl (C=O) groups is 1. The molecular formula is C16H21ClN2O. The number of benzene rings is 1. The summed E-state index contributed by atoms with van der Waals surface area (Å²) in [4.78, 5) is 13.8. The summed E-state index contributed by atoms with van der Waals surface area (Å²) in [6, 6.07) is 7.91. The molecule has 0 fully saturated rings. The zero-order chi connectivity index (χ0) is 15.2. The van der Waals surface area contributed by atoms with Crippen LogP contribution in [-0.4, -0.2) is 32.4 Å². The molecule has 0 saturated heterocycles. The van der Waals surface area contributed by atoms with Crippen molar-refractivity contribution in [2.24, 2.45) is 5.41 Å². The van der Waals surface area contributed by atoms with Crippen LogP contribution in [0.15, 0.2) is 24.3 Å². The normalized spacial score (nSPS) is 10.4. The summed E-state index contributed by atoms with van der Waals surface area (Å²) in [5, 5.41) is 2.78. The van der Waals surface area contributed by atoms with Crippen molar-refractivity contribution in [3.05, 3.63) is 29.8 Å². The minimum absolute atomic E-state index is 0.0808. The SMILES string of the molecule is CN(C)c1ccccc1C#CCNC(=O)C(C)(C)CCl. The number of hydrogen-bond acceptors (Lipinski definition) is 2. The molecule has 0 aliphatic rings. The fourth-order valence-electron chi connectivity index (χ4n) is 1.53. The van der Waals surface area contributed by atoms with Crippen LogP contribution < -0.4 is 10.2 Å². The Hall–Kier alpha value is -1.66. The molecule has 0 aromatic heterocycles. The van der Waals surface area contributed by atoms with Crippen LogP contribution in [0.3, 0.4) is 0 Å². The third-order valence-electron chi connectivity index (χ3n) is 2.90. The molecule has 1 rings (SSSR count). The Morgan fingerprint density at radius 2 is 2.00 bits per heavy atom. The first-order valence-corrected chi connectivity index (χ1v) is 7.01. The summed E-state index contributed by atoms with van der Waals surface area (Å²) in [6.07, 6.45) is 0. The van der Waals surface area contributed by atoms with E-state index in [1.54, 1.807) is 0 Å². The van der Waals surface area contributed by atoms with Crippen LogP contribution in [0.4, 0.5) is 5.69 Å². The minimum atomic E-state index is -0.565. The maximum absolute atomic E-state index is 11.8. The summed E-state index contributed by atoms with van der Waals surface area (Å²) in [7, 11) is 3.95. The Kier molecular flexibility index (Phi) is 5.91. The Morgan fingerprint density at radius 3 is 2.60 bits per heavy atom. The maximum atomic E-state index is 11.8. The molecule has 0 saturated carbocycles. The first kappa shape index (κ1) is 16.4. The highest BCUT2D eigenvalue weighted by atomic mass is 35.5. The van der Waals surface area contributed by atoms with Gasteiger partial charge >= 0.3 is 0 Å². The average Bonchev–Trinajstić information content (AvgIpc) is 2.43. The first-order valence-electron chi connectivity index (χ1n) is 6.48. The Balaban J connectivity index is 2.67. The summed E-state index contributed by atoms with van der Waals surface area (Å²) >= 11 is 5.75. The molecule has 4 heteroatoms. The Morgan fingerprint density at radius 1 is 1.35 bits per heavy atom. The molecule has 20 heavy (non-hydrogen) atoms. The van der Waals surface area contributed by atoms with E-state index in [-0.39, 0.29) is 11.8 Å². The number of halogens is 1. The smallest absolute Gasteiger partial charge is 0.227 e. The zero-order valence-corrected chi connectivity index (χ0v) is 13.2. The largest absolute Gasteiger partial charge is 0.377 e. The standard InChI is InChI=1S/C16H21ClN2O/c1-16(2,12-17)15(20)18-11-7-9-13-8-5-6-10-14(13)19(3)4/h5-6,8,10H,11-12H2,1-4H3,(H,18,20). The van der Waals surface area contributed by atoms with E-state index in [4.69, 9.17) is 11.6 Å². The first-order chi connectivity index (χ1) is 9.38. The lowest BCUT2D eigenvalue weighted by atomic mass is 9.95. The summed E-state index contributed by atoms with van der Waals surface area (Å²) in [5.41, 5.74) is 1.45. The molecule has 0 aliphatic carbocycles. The van der Waals surface area contributed by atoms with Gasteiger partial charge in [0, 0.05) is 25.5 Å². The second kappa shape index (κ2) is 7.21. The van der Waals surface area contributed by atoms with Crippen LogP contribution in [0.25, 0.3) is 0 Å². The van der Waals surface area contributed by atoms with Gasteiger partial charge in [0.2, 0.25) is 5.91 Å². The highest BCUT2D eigenvalue weighted by Crippen LogP contribution is 2.17. The lowest BCUT2D eigenvalue weighted by Crippen LogP contribution is -2.38. The van der Waals surface area contributed by atoms with Crippen molar-refractivity contribution in [2.45, 2.75) is 13.8 Å². The lowest BCUT2D eigenvalue weighted by molar-refractivity contribution is -0.128. The predicted octanol–water partition coefficient (Wildman–Crippen LogP) is 2.49. The number of nitrogens with zero attached hydrogens (tertiary/aromatic N) is 1. The van der Waals surface area contributed by atoms with Gasteiger partial charge in [0.1, 0.15) is 0 Å². The van der Waals surface area contributed by atoms with Gasteiger partial charge in [0.15, 0.2) is 0 Å². The number of nitrogens with one attached hydrogen (secondary N) is 1. The molecule has 1 aromatic carbocycles. The van der Waals surface area contributed by atoms with Gasteiger partial charge in [-0.2, -0.15) is 0 Å². The summed E-state index contributed by atoms with van der Waals surface area (Å²) in [6.45, 7) is 3.94. The molecule has 0 heterocycles. The monoisotopic (exact) mass is 292 g/mol. The molecule has 0 aliphatic heterocycles. The number of alkyl halides is 1.